The minimum atomic E-state index is -0.308. The first kappa shape index (κ1) is 19.5. The predicted molar refractivity (Wildman–Crippen MR) is 131 cm³/mol. The zero-order valence-corrected chi connectivity index (χ0v) is 18.3. The van der Waals surface area contributed by atoms with Crippen molar-refractivity contribution in [3.8, 4) is 11.1 Å². The van der Waals surface area contributed by atoms with E-state index in [0.29, 0.717) is 0 Å². The molecule has 1 aliphatic rings. The first-order chi connectivity index (χ1) is 15.3. The molecule has 0 spiro atoms. The molecule has 1 aliphatic heterocycles. The van der Waals surface area contributed by atoms with E-state index in [-0.39, 0.29) is 6.17 Å². The molecule has 31 heavy (non-hydrogen) atoms. The van der Waals surface area contributed by atoms with Crippen LogP contribution in [0, 0.1) is 0 Å². The molecule has 4 aromatic rings. The number of hydrogen-bond acceptors (Lipinski definition) is 3. The fourth-order valence-corrected chi connectivity index (χ4v) is 4.02. The lowest BCUT2D eigenvalue weighted by Crippen LogP contribution is -2.36. The molecule has 0 fully saturated rings. The third-order valence-corrected chi connectivity index (χ3v) is 5.69. The van der Waals surface area contributed by atoms with Crippen LogP contribution >= 0.6 is 15.9 Å². The molecule has 1 atom stereocenters. The number of amidine groups is 2. The average molecular weight is 466 g/mol. The van der Waals surface area contributed by atoms with E-state index in [1.807, 2.05) is 36.4 Å². The molecule has 0 amide bonds. The number of nitrogens with zero attached hydrogens (tertiary/aromatic N) is 2. The average Bonchev–Trinajstić information content (AvgIpc) is 2.85. The highest BCUT2D eigenvalue weighted by molar-refractivity contribution is 9.10. The molecular weight excluding hydrogens is 446 g/mol. The number of nitrogens with one attached hydrogen (secondary N) is 1. The highest BCUT2D eigenvalue weighted by atomic mass is 79.9. The smallest absolute Gasteiger partial charge is 0.169 e. The van der Waals surface area contributed by atoms with Crippen molar-refractivity contribution in [2.45, 2.75) is 6.17 Å². The first-order valence-corrected chi connectivity index (χ1v) is 10.9. The van der Waals surface area contributed by atoms with Gasteiger partial charge in [-0.05, 0) is 28.8 Å². The molecule has 5 rings (SSSR count). The van der Waals surface area contributed by atoms with E-state index in [1.54, 1.807) is 0 Å². The van der Waals surface area contributed by atoms with Crippen LogP contribution in [0.2, 0.25) is 0 Å². The van der Waals surface area contributed by atoms with Gasteiger partial charge in [0.2, 0.25) is 0 Å². The summed E-state index contributed by atoms with van der Waals surface area (Å²) in [6.45, 7) is 0. The maximum atomic E-state index is 4.94. The number of halogens is 1. The molecule has 3 nitrogen and oxygen atoms in total. The molecule has 0 saturated heterocycles. The van der Waals surface area contributed by atoms with Gasteiger partial charge in [-0.3, -0.25) is 0 Å². The van der Waals surface area contributed by atoms with Crippen molar-refractivity contribution in [1.29, 1.82) is 0 Å². The number of rotatable bonds is 4. The summed E-state index contributed by atoms with van der Waals surface area (Å²) in [5.41, 5.74) is 5.49. The molecule has 1 heterocycles. The van der Waals surface area contributed by atoms with Gasteiger partial charge in [0, 0.05) is 15.6 Å². The van der Waals surface area contributed by atoms with Crippen LogP contribution in [0.3, 0.4) is 0 Å². The molecule has 4 aromatic carbocycles. The van der Waals surface area contributed by atoms with Gasteiger partial charge in [-0.15, -0.1) is 0 Å². The lowest BCUT2D eigenvalue weighted by Gasteiger charge is -2.22. The van der Waals surface area contributed by atoms with Gasteiger partial charge < -0.3 is 5.32 Å². The summed E-state index contributed by atoms with van der Waals surface area (Å²) >= 11 is 3.57. The van der Waals surface area contributed by atoms with Crippen molar-refractivity contribution in [1.82, 2.24) is 5.32 Å². The third kappa shape index (κ3) is 4.35. The number of aliphatic imine (C=N–C) groups is 2. The fourth-order valence-electron chi connectivity index (χ4n) is 3.61. The van der Waals surface area contributed by atoms with E-state index >= 15 is 0 Å². The Kier molecular flexibility index (Phi) is 5.46. The van der Waals surface area contributed by atoms with E-state index in [9.17, 15) is 0 Å². The normalized spacial score (nSPS) is 15.6. The van der Waals surface area contributed by atoms with E-state index in [2.05, 4.69) is 94.0 Å². The Balaban J connectivity index is 1.52. The second kappa shape index (κ2) is 8.70. The van der Waals surface area contributed by atoms with Crippen molar-refractivity contribution >= 4 is 27.6 Å². The van der Waals surface area contributed by atoms with Gasteiger partial charge in [-0.2, -0.15) is 0 Å². The van der Waals surface area contributed by atoms with Crippen LogP contribution in [0.15, 0.2) is 124 Å². The summed E-state index contributed by atoms with van der Waals surface area (Å²) in [5, 5.41) is 3.45. The van der Waals surface area contributed by atoms with Gasteiger partial charge in [0.05, 0.1) is 0 Å². The van der Waals surface area contributed by atoms with Crippen LogP contribution in [0.1, 0.15) is 22.9 Å². The van der Waals surface area contributed by atoms with Crippen LogP contribution in [0.4, 0.5) is 0 Å². The third-order valence-electron chi connectivity index (χ3n) is 5.20. The van der Waals surface area contributed by atoms with E-state index < -0.39 is 0 Å². The van der Waals surface area contributed by atoms with Crippen LogP contribution in [-0.4, -0.2) is 11.7 Å². The lowest BCUT2D eigenvalue weighted by molar-refractivity contribution is 0.755. The van der Waals surface area contributed by atoms with Gasteiger partial charge in [0.1, 0.15) is 11.7 Å². The lowest BCUT2D eigenvalue weighted by atomic mass is 10.0. The predicted octanol–water partition coefficient (Wildman–Crippen LogP) is 6.61. The second-order valence-electron chi connectivity index (χ2n) is 7.32. The summed E-state index contributed by atoms with van der Waals surface area (Å²) in [7, 11) is 0. The number of hydrogen-bond donors (Lipinski definition) is 1. The highest BCUT2D eigenvalue weighted by Gasteiger charge is 2.20. The summed E-state index contributed by atoms with van der Waals surface area (Å²) in [5.74, 6) is 1.64. The topological polar surface area (TPSA) is 36.8 Å². The quantitative estimate of drug-likeness (QED) is 0.361. The SMILES string of the molecule is Brc1cccc(C2N=C(c3ccccc3)NC(c3ccc(-c4ccccc4)cc3)=N2)c1. The van der Waals surface area contributed by atoms with Gasteiger partial charge in [0.25, 0.3) is 0 Å². The molecule has 1 N–H and O–H groups in total. The van der Waals surface area contributed by atoms with Gasteiger partial charge >= 0.3 is 0 Å². The molecule has 0 radical (unpaired) electrons. The van der Waals surface area contributed by atoms with Gasteiger partial charge in [-0.25, -0.2) is 9.98 Å². The minimum Gasteiger partial charge on any atom is -0.324 e. The van der Waals surface area contributed by atoms with Crippen LogP contribution < -0.4 is 5.32 Å². The monoisotopic (exact) mass is 465 g/mol. The largest absolute Gasteiger partial charge is 0.324 e. The maximum absolute atomic E-state index is 4.94. The molecule has 150 valence electrons. The summed E-state index contributed by atoms with van der Waals surface area (Å²) in [4.78, 5) is 9.84. The van der Waals surface area contributed by atoms with Crippen LogP contribution in [0.25, 0.3) is 11.1 Å². The van der Waals surface area contributed by atoms with Crippen molar-refractivity contribution in [2.24, 2.45) is 9.98 Å². The van der Waals surface area contributed by atoms with E-state index in [4.69, 9.17) is 9.98 Å². The second-order valence-corrected chi connectivity index (χ2v) is 8.23. The van der Waals surface area contributed by atoms with Crippen LogP contribution in [-0.2, 0) is 0 Å². The molecule has 0 saturated carbocycles. The summed E-state index contributed by atoms with van der Waals surface area (Å²) in [6, 6.07) is 37.2. The standard InChI is InChI=1S/C27H20BrN3/c28-24-13-7-12-23(18-24)27-30-25(21-10-5-2-6-11-21)29-26(31-27)22-16-14-20(15-17-22)19-8-3-1-4-9-19/h1-18,27H,(H,29,30,31). The Hall–Kier alpha value is -3.50. The Bertz CT molecular complexity index is 1250. The van der Waals surface area contributed by atoms with E-state index in [1.165, 1.54) is 11.1 Å². The van der Waals surface area contributed by atoms with Gasteiger partial charge in [0.15, 0.2) is 6.17 Å². The van der Waals surface area contributed by atoms with Crippen molar-refractivity contribution in [3.05, 3.63) is 130 Å². The fraction of sp³-hybridized carbons (Fsp3) is 0.0370. The minimum absolute atomic E-state index is 0.308. The molecule has 4 heteroatoms. The Labute approximate surface area is 190 Å². The molecule has 0 aliphatic carbocycles. The summed E-state index contributed by atoms with van der Waals surface area (Å²) in [6.07, 6.45) is -0.308. The van der Waals surface area contributed by atoms with Crippen molar-refractivity contribution < 1.29 is 0 Å². The highest BCUT2D eigenvalue weighted by Crippen LogP contribution is 2.27. The zero-order chi connectivity index (χ0) is 21.0. The zero-order valence-electron chi connectivity index (χ0n) is 16.7. The Morgan fingerprint density at radius 3 is 1.68 bits per heavy atom. The van der Waals surface area contributed by atoms with Crippen molar-refractivity contribution in [3.63, 3.8) is 0 Å². The molecular formula is C27H20BrN3. The molecule has 1 unspecified atom stereocenters. The van der Waals surface area contributed by atoms with Crippen molar-refractivity contribution in [2.75, 3.05) is 0 Å². The number of benzene rings is 4. The molecule has 0 bridgehead atoms. The molecule has 0 aromatic heterocycles. The summed E-state index contributed by atoms with van der Waals surface area (Å²) < 4.78 is 1.02. The van der Waals surface area contributed by atoms with Crippen LogP contribution in [0.5, 0.6) is 0 Å². The maximum Gasteiger partial charge on any atom is 0.169 e. The Morgan fingerprint density at radius 1 is 0.548 bits per heavy atom. The van der Waals surface area contributed by atoms with E-state index in [0.717, 1.165) is 32.8 Å². The van der Waals surface area contributed by atoms with Gasteiger partial charge in [-0.1, -0.05) is 113 Å². The first-order valence-electron chi connectivity index (χ1n) is 10.2. The Morgan fingerprint density at radius 2 is 1.06 bits per heavy atom.